The lowest BCUT2D eigenvalue weighted by atomic mass is 9.92. The van der Waals surface area contributed by atoms with Crippen molar-refractivity contribution in [3.8, 4) is 0 Å². The summed E-state index contributed by atoms with van der Waals surface area (Å²) in [5, 5.41) is 9.03. The van der Waals surface area contributed by atoms with E-state index in [0.717, 1.165) is 18.5 Å². The summed E-state index contributed by atoms with van der Waals surface area (Å²) in [7, 11) is 0. The lowest BCUT2D eigenvalue weighted by Crippen LogP contribution is -2.45. The van der Waals surface area contributed by atoms with Gasteiger partial charge in [0.25, 0.3) is 0 Å². The van der Waals surface area contributed by atoms with Crippen LogP contribution >= 0.6 is 15.9 Å². The van der Waals surface area contributed by atoms with Crippen LogP contribution in [0.3, 0.4) is 0 Å². The van der Waals surface area contributed by atoms with Gasteiger partial charge >= 0.3 is 5.97 Å². The zero-order valence-corrected chi connectivity index (χ0v) is 12.8. The van der Waals surface area contributed by atoms with E-state index in [9.17, 15) is 9.59 Å². The number of amides is 1. The molecule has 1 fully saturated rings. The van der Waals surface area contributed by atoms with Gasteiger partial charge in [0.2, 0.25) is 5.91 Å². The fraction of sp³-hybridized carbons (Fsp3) is 0.429. The van der Waals surface area contributed by atoms with E-state index < -0.39 is 5.97 Å². The van der Waals surface area contributed by atoms with Crippen molar-refractivity contribution in [3.63, 3.8) is 0 Å². The molecule has 1 saturated heterocycles. The summed E-state index contributed by atoms with van der Waals surface area (Å²) >= 11 is 3.28. The van der Waals surface area contributed by atoms with Crippen molar-refractivity contribution in [2.24, 2.45) is 11.7 Å². The number of anilines is 1. The van der Waals surface area contributed by atoms with Crippen molar-refractivity contribution in [2.75, 3.05) is 11.4 Å². The number of primary amides is 1. The Hall–Kier alpha value is -1.56. The third-order valence-electron chi connectivity index (χ3n) is 3.80. The Bertz CT molecular complexity index is 547. The molecule has 3 N–H and O–H groups in total. The van der Waals surface area contributed by atoms with Gasteiger partial charge in [-0.05, 0) is 53.9 Å². The van der Waals surface area contributed by atoms with E-state index in [1.807, 2.05) is 0 Å². The first kappa shape index (κ1) is 14.8. The average Bonchev–Trinajstić information content (AvgIpc) is 2.38. The number of carboxylic acid groups (broad SMARTS) is 1. The van der Waals surface area contributed by atoms with Crippen LogP contribution in [0.1, 0.15) is 30.1 Å². The SMILES string of the molecule is CC1CCC(C(N)=O)CN1c1ccc(C(=O)O)c(Br)c1. The molecule has 2 unspecified atom stereocenters. The van der Waals surface area contributed by atoms with Gasteiger partial charge < -0.3 is 15.7 Å². The summed E-state index contributed by atoms with van der Waals surface area (Å²) in [5.74, 6) is -1.39. The summed E-state index contributed by atoms with van der Waals surface area (Å²) in [6, 6.07) is 5.42. The molecule has 0 bridgehead atoms. The van der Waals surface area contributed by atoms with E-state index in [-0.39, 0.29) is 17.4 Å². The molecule has 1 aromatic rings. The third-order valence-corrected chi connectivity index (χ3v) is 4.46. The lowest BCUT2D eigenvalue weighted by molar-refractivity contribution is -0.122. The second kappa shape index (κ2) is 5.83. The number of rotatable bonds is 3. The number of halogens is 1. The quantitative estimate of drug-likeness (QED) is 0.883. The summed E-state index contributed by atoms with van der Waals surface area (Å²) in [5.41, 5.74) is 6.52. The lowest BCUT2D eigenvalue weighted by Gasteiger charge is -2.38. The number of carboxylic acids is 1. The van der Waals surface area contributed by atoms with E-state index in [1.54, 1.807) is 18.2 Å². The number of piperidine rings is 1. The molecule has 2 rings (SSSR count). The van der Waals surface area contributed by atoms with Crippen LogP contribution in [0.4, 0.5) is 5.69 Å². The van der Waals surface area contributed by atoms with Crippen LogP contribution in [0.5, 0.6) is 0 Å². The maximum Gasteiger partial charge on any atom is 0.336 e. The summed E-state index contributed by atoms with van der Waals surface area (Å²) < 4.78 is 0.538. The molecule has 0 radical (unpaired) electrons. The van der Waals surface area contributed by atoms with Gasteiger partial charge in [-0.25, -0.2) is 4.79 Å². The van der Waals surface area contributed by atoms with Gasteiger partial charge in [-0.2, -0.15) is 0 Å². The minimum absolute atomic E-state index is 0.149. The molecule has 0 aromatic heterocycles. The van der Waals surface area contributed by atoms with Crippen LogP contribution < -0.4 is 10.6 Å². The first-order chi connectivity index (χ1) is 9.40. The predicted molar refractivity (Wildman–Crippen MR) is 79.8 cm³/mol. The first-order valence-electron chi connectivity index (χ1n) is 6.49. The van der Waals surface area contributed by atoms with Crippen LogP contribution in [0.25, 0.3) is 0 Å². The minimum atomic E-state index is -0.967. The smallest absolute Gasteiger partial charge is 0.336 e. The molecule has 2 atom stereocenters. The van der Waals surface area contributed by atoms with Gasteiger partial charge in [-0.3, -0.25) is 4.79 Å². The van der Waals surface area contributed by atoms with Gasteiger partial charge in [-0.1, -0.05) is 0 Å². The highest BCUT2D eigenvalue weighted by atomic mass is 79.9. The zero-order chi connectivity index (χ0) is 14.9. The number of carbonyl (C=O) groups excluding carboxylic acids is 1. The van der Waals surface area contributed by atoms with Gasteiger partial charge in [0, 0.05) is 22.7 Å². The Morgan fingerprint density at radius 1 is 1.40 bits per heavy atom. The van der Waals surface area contributed by atoms with Crippen LogP contribution in [0.2, 0.25) is 0 Å². The highest BCUT2D eigenvalue weighted by Gasteiger charge is 2.29. The van der Waals surface area contributed by atoms with Crippen molar-refractivity contribution in [1.82, 2.24) is 0 Å². The number of benzene rings is 1. The number of hydrogen-bond acceptors (Lipinski definition) is 3. The Balaban J connectivity index is 2.27. The van der Waals surface area contributed by atoms with Crippen molar-refractivity contribution < 1.29 is 14.7 Å². The monoisotopic (exact) mass is 340 g/mol. The van der Waals surface area contributed by atoms with E-state index in [2.05, 4.69) is 27.8 Å². The highest BCUT2D eigenvalue weighted by Crippen LogP contribution is 2.30. The van der Waals surface area contributed by atoms with Crippen molar-refractivity contribution in [2.45, 2.75) is 25.8 Å². The van der Waals surface area contributed by atoms with Crippen molar-refractivity contribution >= 4 is 33.5 Å². The van der Waals surface area contributed by atoms with Crippen LogP contribution in [-0.2, 0) is 4.79 Å². The Kier molecular flexibility index (Phi) is 4.32. The van der Waals surface area contributed by atoms with Gasteiger partial charge in [0.1, 0.15) is 0 Å². The molecule has 1 amide bonds. The number of nitrogens with zero attached hydrogens (tertiary/aromatic N) is 1. The second-order valence-electron chi connectivity index (χ2n) is 5.15. The maximum atomic E-state index is 11.4. The molecule has 6 heteroatoms. The van der Waals surface area contributed by atoms with Crippen LogP contribution in [0.15, 0.2) is 22.7 Å². The topological polar surface area (TPSA) is 83.6 Å². The molecule has 1 aliphatic rings. The minimum Gasteiger partial charge on any atom is -0.478 e. The van der Waals surface area contributed by atoms with Crippen molar-refractivity contribution in [3.05, 3.63) is 28.2 Å². The predicted octanol–water partition coefficient (Wildman–Crippen LogP) is 2.24. The molecular weight excluding hydrogens is 324 g/mol. The van der Waals surface area contributed by atoms with Gasteiger partial charge in [0.15, 0.2) is 0 Å². The Morgan fingerprint density at radius 2 is 2.10 bits per heavy atom. The molecule has 0 spiro atoms. The van der Waals surface area contributed by atoms with E-state index in [4.69, 9.17) is 10.8 Å². The summed E-state index contributed by atoms with van der Waals surface area (Å²) in [6.45, 7) is 2.67. The molecule has 108 valence electrons. The van der Waals surface area contributed by atoms with E-state index in [1.165, 1.54) is 0 Å². The zero-order valence-electron chi connectivity index (χ0n) is 11.2. The standard InChI is InChI=1S/C14H17BrN2O3/c1-8-2-3-9(13(16)18)7-17(8)10-4-5-11(14(19)20)12(15)6-10/h4-6,8-9H,2-3,7H2,1H3,(H2,16,18)(H,19,20). The Labute approximate surface area is 125 Å². The number of aromatic carboxylic acids is 1. The molecule has 1 aliphatic heterocycles. The maximum absolute atomic E-state index is 11.4. The first-order valence-corrected chi connectivity index (χ1v) is 7.28. The second-order valence-corrected chi connectivity index (χ2v) is 6.00. The van der Waals surface area contributed by atoms with Crippen LogP contribution in [-0.4, -0.2) is 29.6 Å². The Morgan fingerprint density at radius 3 is 2.65 bits per heavy atom. The fourth-order valence-electron chi connectivity index (χ4n) is 2.56. The molecule has 5 nitrogen and oxygen atoms in total. The molecule has 20 heavy (non-hydrogen) atoms. The highest BCUT2D eigenvalue weighted by molar-refractivity contribution is 9.10. The number of carbonyl (C=O) groups is 2. The number of nitrogens with two attached hydrogens (primary N) is 1. The molecule has 1 aromatic carbocycles. The fourth-order valence-corrected chi connectivity index (χ4v) is 3.09. The number of hydrogen-bond donors (Lipinski definition) is 2. The van der Waals surface area contributed by atoms with Gasteiger partial charge in [0.05, 0.1) is 11.5 Å². The largest absolute Gasteiger partial charge is 0.478 e. The van der Waals surface area contributed by atoms with Crippen LogP contribution in [0, 0.1) is 5.92 Å². The van der Waals surface area contributed by atoms with Gasteiger partial charge in [-0.15, -0.1) is 0 Å². The summed E-state index contributed by atoms with van der Waals surface area (Å²) in [6.07, 6.45) is 1.70. The van der Waals surface area contributed by atoms with E-state index in [0.29, 0.717) is 17.1 Å². The van der Waals surface area contributed by atoms with Crippen molar-refractivity contribution in [1.29, 1.82) is 0 Å². The van der Waals surface area contributed by atoms with E-state index >= 15 is 0 Å². The third kappa shape index (κ3) is 2.95. The molecule has 0 aliphatic carbocycles. The molecule has 1 heterocycles. The average molecular weight is 341 g/mol. The molecule has 0 saturated carbocycles. The summed E-state index contributed by atoms with van der Waals surface area (Å²) in [4.78, 5) is 24.5. The normalized spacial score (nSPS) is 22.6. The molecular formula is C14H17BrN2O3.